The molecule has 3 N–H and O–H groups in total. The van der Waals surface area contributed by atoms with Crippen LogP contribution >= 0.6 is 23.2 Å². The van der Waals surface area contributed by atoms with Crippen molar-refractivity contribution in [1.82, 2.24) is 5.32 Å². The van der Waals surface area contributed by atoms with Crippen molar-refractivity contribution in [1.29, 1.82) is 0 Å². The van der Waals surface area contributed by atoms with Crippen LogP contribution < -0.4 is 10.6 Å². The summed E-state index contributed by atoms with van der Waals surface area (Å²) in [5.74, 6) is -0.768. The summed E-state index contributed by atoms with van der Waals surface area (Å²) in [4.78, 5) is 25.1. The molecule has 1 unspecified atom stereocenters. The van der Waals surface area contributed by atoms with Crippen molar-refractivity contribution in [2.24, 2.45) is 5.92 Å². The normalized spacial score (nSPS) is 11.9. The summed E-state index contributed by atoms with van der Waals surface area (Å²) in [6, 6.07) is 10.2. The first-order chi connectivity index (χ1) is 12.3. The molecule has 5 nitrogen and oxygen atoms in total. The Morgan fingerprint density at radius 3 is 2.42 bits per heavy atom. The highest BCUT2D eigenvalue weighted by Crippen LogP contribution is 2.23. The number of hydrogen-bond acceptors (Lipinski definition) is 3. The molecule has 1 atom stereocenters. The fraction of sp³-hybridized carbons (Fsp3) is 0.263. The molecule has 2 amide bonds. The van der Waals surface area contributed by atoms with E-state index in [0.717, 1.165) is 0 Å². The molecule has 2 aromatic carbocycles. The lowest BCUT2D eigenvalue weighted by molar-refractivity contribution is -0.118. The average molecular weight is 395 g/mol. The molecule has 0 spiro atoms. The first-order valence-electron chi connectivity index (χ1n) is 8.12. The van der Waals surface area contributed by atoms with Crippen molar-refractivity contribution in [2.75, 3.05) is 5.32 Å². The number of rotatable bonds is 6. The maximum atomic E-state index is 12.6. The van der Waals surface area contributed by atoms with Gasteiger partial charge in [0, 0.05) is 5.02 Å². The van der Waals surface area contributed by atoms with Crippen LogP contribution in [0.2, 0.25) is 10.0 Å². The molecule has 2 aromatic rings. The monoisotopic (exact) mass is 394 g/mol. The Labute approximate surface area is 162 Å². The summed E-state index contributed by atoms with van der Waals surface area (Å²) in [6.45, 7) is 3.89. The summed E-state index contributed by atoms with van der Waals surface area (Å²) in [5, 5.41) is 15.8. The lowest BCUT2D eigenvalue weighted by Crippen LogP contribution is -2.44. The number of carbonyl (C=O) groups is 2. The van der Waals surface area contributed by atoms with E-state index in [1.54, 1.807) is 24.3 Å². The van der Waals surface area contributed by atoms with Gasteiger partial charge in [0.25, 0.3) is 5.91 Å². The van der Waals surface area contributed by atoms with Gasteiger partial charge >= 0.3 is 0 Å². The summed E-state index contributed by atoms with van der Waals surface area (Å²) in [6.07, 6.45) is 0.427. The van der Waals surface area contributed by atoms with Crippen LogP contribution in [-0.4, -0.2) is 23.0 Å². The summed E-state index contributed by atoms with van der Waals surface area (Å²) in [7, 11) is 0. The molecule has 138 valence electrons. The minimum atomic E-state index is -0.783. The molecule has 0 heterocycles. The molecule has 0 aliphatic carbocycles. The predicted octanol–water partition coefficient (Wildman–Crippen LogP) is 4.48. The second kappa shape index (κ2) is 8.92. The van der Waals surface area contributed by atoms with Gasteiger partial charge in [-0.1, -0.05) is 49.2 Å². The fourth-order valence-corrected chi connectivity index (χ4v) is 2.91. The zero-order valence-electron chi connectivity index (χ0n) is 14.4. The number of benzene rings is 2. The number of halogens is 2. The van der Waals surface area contributed by atoms with E-state index in [1.165, 1.54) is 18.2 Å². The average Bonchev–Trinajstić information content (AvgIpc) is 2.55. The molecular formula is C19H20Cl2N2O3. The van der Waals surface area contributed by atoms with Gasteiger partial charge in [-0.25, -0.2) is 0 Å². The van der Waals surface area contributed by atoms with Crippen LogP contribution in [0.15, 0.2) is 42.5 Å². The summed E-state index contributed by atoms with van der Waals surface area (Å²) >= 11 is 11.9. The largest absolute Gasteiger partial charge is 0.506 e. The minimum Gasteiger partial charge on any atom is -0.506 e. The number of amides is 2. The molecular weight excluding hydrogens is 375 g/mol. The zero-order valence-corrected chi connectivity index (χ0v) is 15.9. The molecule has 2 rings (SSSR count). The molecule has 0 aliphatic heterocycles. The molecule has 0 fully saturated rings. The first-order valence-corrected chi connectivity index (χ1v) is 8.88. The Morgan fingerprint density at radius 2 is 1.81 bits per heavy atom. The van der Waals surface area contributed by atoms with Crippen molar-refractivity contribution in [2.45, 2.75) is 26.3 Å². The van der Waals surface area contributed by atoms with Gasteiger partial charge in [0.05, 0.1) is 16.3 Å². The Balaban J connectivity index is 2.17. The van der Waals surface area contributed by atoms with E-state index in [9.17, 15) is 14.7 Å². The summed E-state index contributed by atoms with van der Waals surface area (Å²) in [5.41, 5.74) is 0.519. The third kappa shape index (κ3) is 5.38. The van der Waals surface area contributed by atoms with Crippen LogP contribution in [-0.2, 0) is 4.79 Å². The van der Waals surface area contributed by atoms with Gasteiger partial charge in [0.2, 0.25) is 5.91 Å². The van der Waals surface area contributed by atoms with Crippen molar-refractivity contribution >= 4 is 40.7 Å². The number of carbonyl (C=O) groups excluding carboxylic acids is 2. The number of phenolic OH excluding ortho intramolecular Hbond substituents is 1. The molecule has 26 heavy (non-hydrogen) atoms. The van der Waals surface area contributed by atoms with Crippen molar-refractivity contribution < 1.29 is 14.7 Å². The molecule has 7 heteroatoms. The van der Waals surface area contributed by atoms with E-state index >= 15 is 0 Å². The van der Waals surface area contributed by atoms with E-state index in [1.807, 2.05) is 13.8 Å². The van der Waals surface area contributed by atoms with Gasteiger partial charge in [-0.3, -0.25) is 9.59 Å². The van der Waals surface area contributed by atoms with Gasteiger partial charge in [-0.05, 0) is 42.7 Å². The second-order valence-corrected chi connectivity index (χ2v) is 7.13. The smallest absolute Gasteiger partial charge is 0.253 e. The highest BCUT2D eigenvalue weighted by Gasteiger charge is 2.24. The van der Waals surface area contributed by atoms with Gasteiger partial charge < -0.3 is 15.7 Å². The topological polar surface area (TPSA) is 78.4 Å². The lowest BCUT2D eigenvalue weighted by atomic mass is 10.0. The number of aromatic hydroxyl groups is 1. The number of phenols is 1. The van der Waals surface area contributed by atoms with E-state index in [-0.39, 0.29) is 27.9 Å². The fourth-order valence-electron chi connectivity index (χ4n) is 2.41. The third-order valence-corrected chi connectivity index (χ3v) is 4.21. The molecule has 0 saturated carbocycles. The third-order valence-electron chi connectivity index (χ3n) is 3.67. The van der Waals surface area contributed by atoms with E-state index in [4.69, 9.17) is 23.2 Å². The maximum absolute atomic E-state index is 12.6. The molecule has 0 radical (unpaired) electrons. The highest BCUT2D eigenvalue weighted by molar-refractivity contribution is 6.36. The number of hydrogen-bond donors (Lipinski definition) is 3. The Bertz CT molecular complexity index is 809. The minimum absolute atomic E-state index is 0.0452. The Morgan fingerprint density at radius 1 is 1.12 bits per heavy atom. The Hall–Kier alpha value is -2.24. The predicted molar refractivity (Wildman–Crippen MR) is 104 cm³/mol. The van der Waals surface area contributed by atoms with Crippen molar-refractivity contribution in [3.05, 3.63) is 58.1 Å². The van der Waals surface area contributed by atoms with Crippen LogP contribution in [0, 0.1) is 5.92 Å². The first kappa shape index (κ1) is 20.1. The molecule has 0 aliphatic rings. The van der Waals surface area contributed by atoms with Crippen LogP contribution in [0.1, 0.15) is 30.6 Å². The highest BCUT2D eigenvalue weighted by atomic mass is 35.5. The standard InChI is InChI=1S/C19H20Cl2N2O3/c1-11(2)9-16(19(26)22-15-5-3-4-6-17(15)24)23-18(25)13-8-7-12(20)10-14(13)21/h3-8,10-11,16,24H,9H2,1-2H3,(H,22,26)(H,23,25). The number of anilines is 1. The number of nitrogens with one attached hydrogen (secondary N) is 2. The molecule has 0 aromatic heterocycles. The van der Waals surface area contributed by atoms with E-state index < -0.39 is 17.9 Å². The summed E-state index contributed by atoms with van der Waals surface area (Å²) < 4.78 is 0. The van der Waals surface area contributed by atoms with Gasteiger partial charge in [-0.15, -0.1) is 0 Å². The van der Waals surface area contributed by atoms with E-state index in [0.29, 0.717) is 11.4 Å². The van der Waals surface area contributed by atoms with Gasteiger partial charge in [0.1, 0.15) is 11.8 Å². The van der Waals surface area contributed by atoms with Gasteiger partial charge in [-0.2, -0.15) is 0 Å². The quantitative estimate of drug-likeness (QED) is 0.631. The molecule has 0 saturated heterocycles. The van der Waals surface area contributed by atoms with Crippen molar-refractivity contribution in [3.8, 4) is 5.75 Å². The SMILES string of the molecule is CC(C)CC(NC(=O)c1ccc(Cl)cc1Cl)C(=O)Nc1ccccc1O. The van der Waals surface area contributed by atoms with Crippen molar-refractivity contribution in [3.63, 3.8) is 0 Å². The second-order valence-electron chi connectivity index (χ2n) is 6.29. The van der Waals surface area contributed by atoms with Crippen LogP contribution in [0.4, 0.5) is 5.69 Å². The van der Waals surface area contributed by atoms with Gasteiger partial charge in [0.15, 0.2) is 0 Å². The lowest BCUT2D eigenvalue weighted by Gasteiger charge is -2.21. The Kier molecular flexibility index (Phi) is 6.89. The van der Waals surface area contributed by atoms with Crippen LogP contribution in [0.25, 0.3) is 0 Å². The van der Waals surface area contributed by atoms with Crippen LogP contribution in [0.3, 0.4) is 0 Å². The maximum Gasteiger partial charge on any atom is 0.253 e. The van der Waals surface area contributed by atoms with E-state index in [2.05, 4.69) is 10.6 Å². The zero-order chi connectivity index (χ0) is 19.3. The number of para-hydroxylation sites is 2. The van der Waals surface area contributed by atoms with Crippen LogP contribution in [0.5, 0.6) is 5.75 Å². The molecule has 0 bridgehead atoms.